The van der Waals surface area contributed by atoms with Crippen molar-refractivity contribution in [1.29, 1.82) is 0 Å². The van der Waals surface area contributed by atoms with E-state index in [0.717, 1.165) is 17.5 Å². The molecule has 1 aliphatic carbocycles. The molecule has 0 amide bonds. The van der Waals surface area contributed by atoms with Crippen molar-refractivity contribution in [1.82, 2.24) is 0 Å². The Morgan fingerprint density at radius 2 is 1.81 bits per heavy atom. The molecule has 0 N–H and O–H groups in total. The second-order valence-corrected chi connectivity index (χ2v) is 6.37. The molecule has 0 radical (unpaired) electrons. The molecule has 0 unspecified atom stereocenters. The molecule has 0 aromatic heterocycles. The molecule has 110 valence electrons. The summed E-state index contributed by atoms with van der Waals surface area (Å²) in [7, 11) is 0. The third-order valence-corrected chi connectivity index (χ3v) is 4.56. The molecule has 0 fully saturated rings. The zero-order chi connectivity index (χ0) is 14.8. The maximum Gasteiger partial charge on any atom is 0.142 e. The molecule has 0 spiro atoms. The predicted octanol–water partition coefficient (Wildman–Crippen LogP) is 5.80. The zero-order valence-electron chi connectivity index (χ0n) is 11.5. The van der Waals surface area contributed by atoms with Crippen LogP contribution in [0.3, 0.4) is 0 Å². The molecule has 0 bridgehead atoms. The van der Waals surface area contributed by atoms with Crippen molar-refractivity contribution in [2.75, 3.05) is 0 Å². The topological polar surface area (TPSA) is 9.23 Å². The van der Waals surface area contributed by atoms with Crippen molar-refractivity contribution >= 4 is 34.8 Å². The average Bonchev–Trinajstić information content (AvgIpc) is 2.93. The highest BCUT2D eigenvalue weighted by Crippen LogP contribution is 2.34. The van der Waals surface area contributed by atoms with Gasteiger partial charge in [0, 0.05) is 10.6 Å². The number of benzene rings is 2. The van der Waals surface area contributed by atoms with Gasteiger partial charge in [-0.05, 0) is 48.1 Å². The number of alkyl halides is 1. The Labute approximate surface area is 139 Å². The number of hydrogen-bond acceptors (Lipinski definition) is 1. The first-order valence-electron chi connectivity index (χ1n) is 6.94. The average molecular weight is 342 g/mol. The number of halogens is 3. The van der Waals surface area contributed by atoms with Crippen LogP contribution in [0.4, 0.5) is 0 Å². The Morgan fingerprint density at radius 1 is 1.00 bits per heavy atom. The first-order valence-corrected chi connectivity index (χ1v) is 8.24. The summed E-state index contributed by atoms with van der Waals surface area (Å²) < 4.78 is 5.88. The minimum atomic E-state index is 0.319. The fourth-order valence-corrected chi connectivity index (χ4v) is 3.53. The van der Waals surface area contributed by atoms with Crippen molar-refractivity contribution in [2.45, 2.75) is 31.7 Å². The molecule has 0 aliphatic heterocycles. The van der Waals surface area contributed by atoms with Crippen LogP contribution in [0, 0.1) is 0 Å². The van der Waals surface area contributed by atoms with Gasteiger partial charge in [0.25, 0.3) is 0 Å². The summed E-state index contributed by atoms with van der Waals surface area (Å²) in [4.78, 5) is 0. The van der Waals surface area contributed by atoms with Gasteiger partial charge in [-0.15, -0.1) is 11.6 Å². The summed E-state index contributed by atoms with van der Waals surface area (Å²) in [6.45, 7) is 0.485. The molecule has 21 heavy (non-hydrogen) atoms. The molecule has 0 saturated heterocycles. The summed E-state index contributed by atoms with van der Waals surface area (Å²) in [5.74, 6) is 0.941. The fraction of sp³-hybridized carbons (Fsp3) is 0.294. The lowest BCUT2D eigenvalue weighted by Gasteiger charge is -2.13. The number of rotatable bonds is 4. The molecule has 0 atom stereocenters. The molecule has 1 nitrogen and oxygen atoms in total. The van der Waals surface area contributed by atoms with Crippen molar-refractivity contribution in [3.63, 3.8) is 0 Å². The SMILES string of the molecule is ClCc1cc(Cl)cc(Cl)c1OCc1ccc2c(c1)CCC2. The maximum atomic E-state index is 6.21. The van der Waals surface area contributed by atoms with Crippen LogP contribution in [-0.2, 0) is 25.3 Å². The molecule has 4 heteroatoms. The van der Waals surface area contributed by atoms with Gasteiger partial charge in [-0.2, -0.15) is 0 Å². The van der Waals surface area contributed by atoms with Crippen LogP contribution < -0.4 is 4.74 Å². The number of aryl methyl sites for hydroxylation is 2. The van der Waals surface area contributed by atoms with E-state index in [1.165, 1.54) is 24.0 Å². The Balaban J connectivity index is 1.79. The normalized spacial score (nSPS) is 13.3. The third-order valence-electron chi connectivity index (χ3n) is 3.78. The lowest BCUT2D eigenvalue weighted by atomic mass is 10.1. The van der Waals surface area contributed by atoms with Crippen LogP contribution in [0.15, 0.2) is 30.3 Å². The van der Waals surface area contributed by atoms with Gasteiger partial charge in [-0.3, -0.25) is 0 Å². The van der Waals surface area contributed by atoms with Crippen molar-refractivity contribution < 1.29 is 4.74 Å². The molecule has 2 aromatic carbocycles. The fourth-order valence-electron chi connectivity index (χ4n) is 2.75. The monoisotopic (exact) mass is 340 g/mol. The Bertz CT molecular complexity index is 667. The number of fused-ring (bicyclic) bond motifs is 1. The van der Waals surface area contributed by atoms with E-state index in [0.29, 0.717) is 28.3 Å². The van der Waals surface area contributed by atoms with Crippen LogP contribution in [0.1, 0.15) is 28.7 Å². The van der Waals surface area contributed by atoms with E-state index >= 15 is 0 Å². The van der Waals surface area contributed by atoms with Crippen LogP contribution in [0.2, 0.25) is 10.0 Å². The summed E-state index contributed by atoms with van der Waals surface area (Å²) in [6, 6.07) is 10.0. The Hall–Kier alpha value is -0.890. The van der Waals surface area contributed by atoms with E-state index in [1.54, 1.807) is 12.1 Å². The van der Waals surface area contributed by atoms with E-state index < -0.39 is 0 Å². The van der Waals surface area contributed by atoms with Gasteiger partial charge in [0.2, 0.25) is 0 Å². The van der Waals surface area contributed by atoms with Crippen LogP contribution in [0.25, 0.3) is 0 Å². The lowest BCUT2D eigenvalue weighted by Crippen LogP contribution is -2.00. The molecule has 1 aliphatic rings. The highest BCUT2D eigenvalue weighted by atomic mass is 35.5. The number of ether oxygens (including phenoxy) is 1. The second-order valence-electron chi connectivity index (χ2n) is 5.25. The number of hydrogen-bond donors (Lipinski definition) is 0. The van der Waals surface area contributed by atoms with Crippen molar-refractivity contribution in [3.05, 3.63) is 62.6 Å². The highest BCUT2D eigenvalue weighted by molar-refractivity contribution is 6.36. The minimum absolute atomic E-state index is 0.319. The van der Waals surface area contributed by atoms with Crippen LogP contribution in [-0.4, -0.2) is 0 Å². The van der Waals surface area contributed by atoms with Crippen LogP contribution in [0.5, 0.6) is 5.75 Å². The molecule has 2 aromatic rings. The maximum absolute atomic E-state index is 6.21. The van der Waals surface area contributed by atoms with Crippen molar-refractivity contribution in [3.8, 4) is 5.75 Å². The van der Waals surface area contributed by atoms with E-state index in [1.807, 2.05) is 0 Å². The first-order chi connectivity index (χ1) is 10.2. The van der Waals surface area contributed by atoms with Crippen molar-refractivity contribution in [2.24, 2.45) is 0 Å². The van der Waals surface area contributed by atoms with E-state index in [-0.39, 0.29) is 0 Å². The van der Waals surface area contributed by atoms with Gasteiger partial charge < -0.3 is 4.74 Å². The minimum Gasteiger partial charge on any atom is -0.487 e. The van der Waals surface area contributed by atoms with Crippen LogP contribution >= 0.6 is 34.8 Å². The highest BCUT2D eigenvalue weighted by Gasteiger charge is 2.13. The summed E-state index contributed by atoms with van der Waals surface area (Å²) in [6.07, 6.45) is 3.60. The zero-order valence-corrected chi connectivity index (χ0v) is 13.7. The largest absolute Gasteiger partial charge is 0.487 e. The summed E-state index contributed by atoms with van der Waals surface area (Å²) in [5, 5.41) is 1.07. The van der Waals surface area contributed by atoms with Gasteiger partial charge in [-0.25, -0.2) is 0 Å². The first kappa shape index (κ1) is 15.0. The Morgan fingerprint density at radius 3 is 2.62 bits per heavy atom. The quantitative estimate of drug-likeness (QED) is 0.639. The van der Waals surface area contributed by atoms with E-state index in [9.17, 15) is 0 Å². The van der Waals surface area contributed by atoms with E-state index in [4.69, 9.17) is 39.5 Å². The Kier molecular flexibility index (Phi) is 4.63. The molecular weight excluding hydrogens is 327 g/mol. The van der Waals surface area contributed by atoms with Gasteiger partial charge in [0.15, 0.2) is 0 Å². The molecular formula is C17H15Cl3O. The molecule has 3 rings (SSSR count). The smallest absolute Gasteiger partial charge is 0.142 e. The standard InChI is InChI=1S/C17H15Cl3O/c18-9-14-7-15(19)8-16(20)17(14)21-10-11-4-5-12-2-1-3-13(12)6-11/h4-8H,1-3,9-10H2. The molecule has 0 heterocycles. The summed E-state index contributed by atoms with van der Waals surface area (Å²) in [5.41, 5.74) is 4.87. The van der Waals surface area contributed by atoms with Gasteiger partial charge >= 0.3 is 0 Å². The molecule has 0 saturated carbocycles. The third kappa shape index (κ3) is 3.31. The lowest BCUT2D eigenvalue weighted by molar-refractivity contribution is 0.304. The van der Waals surface area contributed by atoms with Gasteiger partial charge in [0.05, 0.1) is 10.9 Å². The second kappa shape index (κ2) is 6.48. The van der Waals surface area contributed by atoms with E-state index in [2.05, 4.69) is 18.2 Å². The summed E-state index contributed by atoms with van der Waals surface area (Å²) >= 11 is 18.1. The van der Waals surface area contributed by atoms with Gasteiger partial charge in [0.1, 0.15) is 12.4 Å². The predicted molar refractivity (Wildman–Crippen MR) is 88.8 cm³/mol. The van der Waals surface area contributed by atoms with Gasteiger partial charge in [-0.1, -0.05) is 41.4 Å².